The van der Waals surface area contributed by atoms with Crippen LogP contribution in [0.4, 0.5) is 33.5 Å². The number of halogens is 5. The molecule has 1 aromatic carbocycles. The van der Waals surface area contributed by atoms with Crippen molar-refractivity contribution in [3.05, 3.63) is 83.8 Å². The summed E-state index contributed by atoms with van der Waals surface area (Å²) in [6.07, 6.45) is 0.143. The molecule has 35 heavy (non-hydrogen) atoms. The third-order valence-corrected chi connectivity index (χ3v) is 4.86. The Balaban J connectivity index is 1.77. The van der Waals surface area contributed by atoms with E-state index in [1.54, 1.807) is 6.20 Å². The summed E-state index contributed by atoms with van der Waals surface area (Å²) in [6.45, 7) is 0.0219. The first kappa shape index (κ1) is 23.7. The van der Waals surface area contributed by atoms with E-state index in [4.69, 9.17) is 0 Å². The summed E-state index contributed by atoms with van der Waals surface area (Å²) in [7, 11) is 1.40. The Bertz CT molecular complexity index is 1360. The quantitative estimate of drug-likeness (QED) is 0.393. The van der Waals surface area contributed by atoms with Gasteiger partial charge in [0.25, 0.3) is 5.91 Å². The van der Waals surface area contributed by atoms with Crippen LogP contribution >= 0.6 is 0 Å². The molecule has 0 aliphatic carbocycles. The molecule has 0 bridgehead atoms. The molecule has 0 fully saturated rings. The molecule has 8 nitrogen and oxygen atoms in total. The van der Waals surface area contributed by atoms with Crippen molar-refractivity contribution >= 4 is 17.4 Å². The third kappa shape index (κ3) is 5.39. The first-order chi connectivity index (χ1) is 16.6. The number of anilines is 2. The lowest BCUT2D eigenvalue weighted by Gasteiger charge is -2.20. The molecule has 13 heteroatoms. The van der Waals surface area contributed by atoms with Crippen molar-refractivity contribution in [3.63, 3.8) is 0 Å². The number of rotatable bonds is 6. The molecule has 4 rings (SSSR count). The van der Waals surface area contributed by atoms with Gasteiger partial charge >= 0.3 is 6.18 Å². The van der Waals surface area contributed by atoms with Gasteiger partial charge in [-0.05, 0) is 18.2 Å². The van der Waals surface area contributed by atoms with Crippen molar-refractivity contribution in [2.24, 2.45) is 0 Å². The van der Waals surface area contributed by atoms with Gasteiger partial charge in [0.15, 0.2) is 5.82 Å². The molecule has 0 unspecified atom stereocenters. The Kier molecular flexibility index (Phi) is 6.40. The molecule has 0 atom stereocenters. The number of alkyl halides is 3. The minimum absolute atomic E-state index is 0.0219. The molecule has 3 aromatic heterocycles. The van der Waals surface area contributed by atoms with Gasteiger partial charge in [-0.2, -0.15) is 13.2 Å². The highest BCUT2D eigenvalue weighted by Crippen LogP contribution is 2.32. The molecule has 1 amide bonds. The molecule has 0 radical (unpaired) electrons. The largest absolute Gasteiger partial charge is 0.417 e. The van der Waals surface area contributed by atoms with Crippen LogP contribution in [0.1, 0.15) is 21.9 Å². The second kappa shape index (κ2) is 9.44. The Morgan fingerprint density at radius 3 is 2.60 bits per heavy atom. The zero-order valence-corrected chi connectivity index (χ0v) is 17.9. The van der Waals surface area contributed by atoms with Crippen molar-refractivity contribution in [1.82, 2.24) is 30.2 Å². The molecule has 3 heterocycles. The number of amides is 1. The summed E-state index contributed by atoms with van der Waals surface area (Å²) in [4.78, 5) is 32.7. The molecule has 0 aliphatic rings. The zero-order valence-electron chi connectivity index (χ0n) is 17.9. The molecule has 0 spiro atoms. The van der Waals surface area contributed by atoms with Crippen LogP contribution < -0.4 is 10.2 Å². The summed E-state index contributed by atoms with van der Waals surface area (Å²) in [5.74, 6) is -2.20. The van der Waals surface area contributed by atoms with Gasteiger partial charge in [-0.25, -0.2) is 23.7 Å². The van der Waals surface area contributed by atoms with Crippen molar-refractivity contribution in [2.45, 2.75) is 12.7 Å². The number of H-pyrrole nitrogens is 1. The molecule has 0 saturated carbocycles. The van der Waals surface area contributed by atoms with Gasteiger partial charge in [0.2, 0.25) is 0 Å². The standard InChI is InChI=1S/C22H16F5N7O/c1-34(17-3-2-14(23)7-15(17)24)19-8-16(21(35)31-11-18-29-4-5-30-18)32-20(33-19)12-6-13(10-28-9-12)22(25,26)27/h2-10H,11H2,1H3,(H,29,30)(H,31,35). The summed E-state index contributed by atoms with van der Waals surface area (Å²) in [5, 5.41) is 2.58. The van der Waals surface area contributed by atoms with Crippen LogP contribution in [0.15, 0.2) is 55.1 Å². The number of aromatic amines is 1. The fourth-order valence-corrected chi connectivity index (χ4v) is 3.09. The zero-order chi connectivity index (χ0) is 25.2. The van der Waals surface area contributed by atoms with Gasteiger partial charge in [0.1, 0.15) is 29.0 Å². The van der Waals surface area contributed by atoms with Crippen molar-refractivity contribution in [1.29, 1.82) is 0 Å². The minimum atomic E-state index is -4.67. The maximum atomic E-state index is 14.4. The van der Waals surface area contributed by atoms with Gasteiger partial charge in [-0.15, -0.1) is 0 Å². The van der Waals surface area contributed by atoms with Gasteiger partial charge < -0.3 is 15.2 Å². The van der Waals surface area contributed by atoms with Gasteiger partial charge in [0.05, 0.1) is 17.8 Å². The van der Waals surface area contributed by atoms with Crippen LogP contribution in [0.5, 0.6) is 0 Å². The Labute approximate surface area is 194 Å². The van der Waals surface area contributed by atoms with E-state index in [1.807, 2.05) is 0 Å². The lowest BCUT2D eigenvalue weighted by Crippen LogP contribution is -2.25. The summed E-state index contributed by atoms with van der Waals surface area (Å²) >= 11 is 0. The Morgan fingerprint density at radius 1 is 1.11 bits per heavy atom. The van der Waals surface area contributed by atoms with Gasteiger partial charge in [-0.1, -0.05) is 0 Å². The minimum Gasteiger partial charge on any atom is -0.347 e. The summed E-state index contributed by atoms with van der Waals surface area (Å²) in [5.41, 5.74) is -1.44. The maximum Gasteiger partial charge on any atom is 0.417 e. The number of nitrogens with one attached hydrogen (secondary N) is 2. The number of aromatic nitrogens is 5. The Morgan fingerprint density at radius 2 is 1.91 bits per heavy atom. The first-order valence-electron chi connectivity index (χ1n) is 9.99. The van der Waals surface area contributed by atoms with Crippen LogP contribution in [0.3, 0.4) is 0 Å². The monoisotopic (exact) mass is 489 g/mol. The van der Waals surface area contributed by atoms with E-state index in [0.29, 0.717) is 18.1 Å². The summed E-state index contributed by atoms with van der Waals surface area (Å²) in [6, 6.07) is 4.88. The topological polar surface area (TPSA) is 99.7 Å². The van der Waals surface area contributed by atoms with E-state index in [9.17, 15) is 26.7 Å². The van der Waals surface area contributed by atoms with Crippen molar-refractivity contribution in [2.75, 3.05) is 11.9 Å². The van der Waals surface area contributed by atoms with Crippen molar-refractivity contribution in [3.8, 4) is 11.4 Å². The van der Waals surface area contributed by atoms with Crippen LogP contribution in [-0.2, 0) is 12.7 Å². The molecule has 180 valence electrons. The summed E-state index contributed by atoms with van der Waals surface area (Å²) < 4.78 is 67.3. The van der Waals surface area contributed by atoms with E-state index in [0.717, 1.165) is 24.4 Å². The SMILES string of the molecule is CN(c1cc(C(=O)NCc2ncc[nH]2)nc(-c2cncc(C(F)(F)F)c2)n1)c1ccc(F)cc1F. The highest BCUT2D eigenvalue weighted by molar-refractivity contribution is 5.93. The number of carbonyl (C=O) groups is 1. The molecule has 0 aliphatic heterocycles. The number of benzene rings is 1. The Hall–Kier alpha value is -4.42. The van der Waals surface area contributed by atoms with Gasteiger partial charge in [-0.3, -0.25) is 9.78 Å². The highest BCUT2D eigenvalue weighted by Gasteiger charge is 2.31. The average Bonchev–Trinajstić information content (AvgIpc) is 3.35. The molecule has 2 N–H and O–H groups in total. The number of imidazole rings is 1. The second-order valence-electron chi connectivity index (χ2n) is 7.27. The van der Waals surface area contributed by atoms with E-state index >= 15 is 0 Å². The van der Waals surface area contributed by atoms with Crippen LogP contribution in [0, 0.1) is 11.6 Å². The lowest BCUT2D eigenvalue weighted by molar-refractivity contribution is -0.137. The number of hydrogen-bond acceptors (Lipinski definition) is 6. The van der Waals surface area contributed by atoms with E-state index in [1.165, 1.54) is 24.2 Å². The second-order valence-corrected chi connectivity index (χ2v) is 7.27. The average molecular weight is 489 g/mol. The van der Waals surface area contributed by atoms with Crippen LogP contribution in [0.25, 0.3) is 11.4 Å². The maximum absolute atomic E-state index is 14.4. The number of pyridine rings is 1. The third-order valence-electron chi connectivity index (χ3n) is 4.86. The predicted octanol–water partition coefficient (Wildman–Crippen LogP) is 4.26. The van der Waals surface area contributed by atoms with E-state index in [2.05, 4.69) is 30.2 Å². The molecular weight excluding hydrogens is 473 g/mol. The van der Waals surface area contributed by atoms with E-state index in [-0.39, 0.29) is 35.1 Å². The number of carbonyl (C=O) groups excluding carboxylic acids is 1. The normalized spacial score (nSPS) is 11.4. The first-order valence-corrected chi connectivity index (χ1v) is 9.99. The lowest BCUT2D eigenvalue weighted by atomic mass is 10.2. The fraction of sp³-hybridized carbons (Fsp3) is 0.136. The number of hydrogen-bond donors (Lipinski definition) is 2. The predicted molar refractivity (Wildman–Crippen MR) is 114 cm³/mol. The number of nitrogens with zero attached hydrogens (tertiary/aromatic N) is 5. The van der Waals surface area contributed by atoms with E-state index < -0.39 is 29.3 Å². The van der Waals surface area contributed by atoms with Gasteiger partial charge in [0, 0.05) is 49.5 Å². The smallest absolute Gasteiger partial charge is 0.347 e. The molecule has 4 aromatic rings. The van der Waals surface area contributed by atoms with Crippen LogP contribution in [0.2, 0.25) is 0 Å². The fourth-order valence-electron chi connectivity index (χ4n) is 3.09. The van der Waals surface area contributed by atoms with Crippen LogP contribution in [-0.4, -0.2) is 37.9 Å². The molecular formula is C22H16F5N7O. The molecule has 0 saturated heterocycles. The highest BCUT2D eigenvalue weighted by atomic mass is 19.4. The van der Waals surface area contributed by atoms with Crippen molar-refractivity contribution < 1.29 is 26.7 Å².